The standard InChI is InChI=1S/C60H54BN3/c1-43-37-55(62(49-25-13-7-14-26-49)50-27-15-8-16-28-50)38-44(2)58(43)61(59-45(3)39-56(40-46(59)4)63(51-29-17-9-18-30-51)52-31-19-10-20-32-52)60-47(5)41-57(42-48(60)6)64(53-33-21-11-22-34-53)54-35-23-12-24-36-54/h7-42H,1-6H3. The first kappa shape index (κ1) is 41.8. The topological polar surface area (TPSA) is 9.72 Å². The van der Waals surface area contributed by atoms with E-state index in [1.54, 1.807) is 0 Å². The molecule has 0 radical (unpaired) electrons. The van der Waals surface area contributed by atoms with Crippen LogP contribution >= 0.6 is 0 Å². The monoisotopic (exact) mass is 827 g/mol. The Kier molecular flexibility index (Phi) is 12.0. The Morgan fingerprint density at radius 1 is 0.219 bits per heavy atom. The molecule has 0 bridgehead atoms. The SMILES string of the molecule is Cc1cc(N(c2ccccc2)c2ccccc2)cc(C)c1B(c1c(C)cc(N(c2ccccc2)c2ccccc2)cc1C)c1c(C)cc(N(c2ccccc2)c2ccccc2)cc1C. The predicted molar refractivity (Wildman–Crippen MR) is 276 cm³/mol. The third kappa shape index (κ3) is 8.35. The van der Waals surface area contributed by atoms with Crippen molar-refractivity contribution in [2.24, 2.45) is 0 Å². The fraction of sp³-hybridized carbons (Fsp3) is 0.100. The van der Waals surface area contributed by atoms with Gasteiger partial charge in [-0.15, -0.1) is 0 Å². The molecule has 3 nitrogen and oxygen atoms in total. The molecule has 0 unspecified atom stereocenters. The first-order valence-electron chi connectivity index (χ1n) is 22.3. The van der Waals surface area contributed by atoms with E-state index in [-0.39, 0.29) is 6.71 Å². The van der Waals surface area contributed by atoms with Gasteiger partial charge < -0.3 is 14.7 Å². The summed E-state index contributed by atoms with van der Waals surface area (Å²) in [5, 5.41) is 0. The molecule has 0 atom stereocenters. The van der Waals surface area contributed by atoms with Crippen molar-refractivity contribution in [2.75, 3.05) is 14.7 Å². The van der Waals surface area contributed by atoms with Crippen LogP contribution in [0.2, 0.25) is 0 Å². The Morgan fingerprint density at radius 3 is 0.531 bits per heavy atom. The molecule has 9 aromatic carbocycles. The first-order chi connectivity index (χ1) is 31.3. The second-order valence-corrected chi connectivity index (χ2v) is 16.9. The maximum Gasteiger partial charge on any atom is 0.243 e. The highest BCUT2D eigenvalue weighted by molar-refractivity contribution is 6.97. The molecule has 0 amide bonds. The molecule has 0 aliphatic heterocycles. The molecule has 64 heavy (non-hydrogen) atoms. The number of para-hydroxylation sites is 6. The van der Waals surface area contributed by atoms with Gasteiger partial charge in [0.15, 0.2) is 0 Å². The number of rotatable bonds is 12. The number of anilines is 9. The first-order valence-corrected chi connectivity index (χ1v) is 22.3. The highest BCUT2D eigenvalue weighted by atomic mass is 15.2. The van der Waals surface area contributed by atoms with Crippen LogP contribution in [-0.4, -0.2) is 6.71 Å². The Morgan fingerprint density at radius 2 is 0.375 bits per heavy atom. The maximum atomic E-state index is 2.40. The lowest BCUT2D eigenvalue weighted by atomic mass is 9.33. The average Bonchev–Trinajstić information content (AvgIpc) is 3.31. The molecule has 0 saturated carbocycles. The van der Waals surface area contributed by atoms with E-state index in [0.717, 1.165) is 51.2 Å². The van der Waals surface area contributed by atoms with Crippen molar-refractivity contribution in [2.45, 2.75) is 41.5 Å². The lowest BCUT2D eigenvalue weighted by Gasteiger charge is -2.32. The van der Waals surface area contributed by atoms with Crippen molar-refractivity contribution in [3.05, 3.63) is 252 Å². The van der Waals surface area contributed by atoms with E-state index in [1.807, 2.05) is 0 Å². The summed E-state index contributed by atoms with van der Waals surface area (Å²) in [5.41, 5.74) is 21.8. The van der Waals surface area contributed by atoms with Crippen molar-refractivity contribution in [3.63, 3.8) is 0 Å². The van der Waals surface area contributed by atoms with E-state index in [2.05, 4.69) is 275 Å². The van der Waals surface area contributed by atoms with E-state index in [1.165, 1.54) is 49.8 Å². The third-order valence-corrected chi connectivity index (χ3v) is 12.5. The largest absolute Gasteiger partial charge is 0.310 e. The van der Waals surface area contributed by atoms with Crippen LogP contribution in [0, 0.1) is 41.5 Å². The van der Waals surface area contributed by atoms with Crippen LogP contribution in [0.15, 0.2) is 218 Å². The molecule has 9 rings (SSSR count). The van der Waals surface area contributed by atoms with E-state index >= 15 is 0 Å². The van der Waals surface area contributed by atoms with Crippen LogP contribution in [0.25, 0.3) is 0 Å². The maximum absolute atomic E-state index is 2.40. The van der Waals surface area contributed by atoms with Gasteiger partial charge in [-0.1, -0.05) is 159 Å². The number of hydrogen-bond donors (Lipinski definition) is 0. The summed E-state index contributed by atoms with van der Waals surface area (Å²) < 4.78 is 0. The zero-order valence-corrected chi connectivity index (χ0v) is 37.7. The minimum absolute atomic E-state index is 0.0390. The quantitative estimate of drug-likeness (QED) is 0.114. The number of nitrogens with zero attached hydrogens (tertiary/aromatic N) is 3. The lowest BCUT2D eigenvalue weighted by molar-refractivity contribution is 1.25. The molecule has 0 saturated heterocycles. The summed E-state index contributed by atoms with van der Waals surface area (Å²) in [4.78, 5) is 7.12. The van der Waals surface area contributed by atoms with Gasteiger partial charge in [-0.3, -0.25) is 0 Å². The molecular weight excluding hydrogens is 773 g/mol. The second-order valence-electron chi connectivity index (χ2n) is 16.9. The molecule has 4 heteroatoms. The Bertz CT molecular complexity index is 2480. The van der Waals surface area contributed by atoms with Crippen LogP contribution in [0.4, 0.5) is 51.2 Å². The third-order valence-electron chi connectivity index (χ3n) is 12.5. The smallest absolute Gasteiger partial charge is 0.243 e. The molecule has 0 aliphatic rings. The van der Waals surface area contributed by atoms with Crippen LogP contribution in [-0.2, 0) is 0 Å². The van der Waals surface area contributed by atoms with Gasteiger partial charge in [0, 0.05) is 51.2 Å². The second kappa shape index (κ2) is 18.4. The summed E-state index contributed by atoms with van der Waals surface area (Å²) in [5.74, 6) is 0. The van der Waals surface area contributed by atoms with Crippen LogP contribution < -0.4 is 31.1 Å². The van der Waals surface area contributed by atoms with Gasteiger partial charge in [0.25, 0.3) is 0 Å². The van der Waals surface area contributed by atoms with Crippen LogP contribution in [0.3, 0.4) is 0 Å². The zero-order chi connectivity index (χ0) is 44.2. The summed E-state index contributed by atoms with van der Waals surface area (Å²) in [6.45, 7) is 13.8. The molecular formula is C60H54BN3. The molecule has 9 aromatic rings. The lowest BCUT2D eigenvalue weighted by Crippen LogP contribution is -2.57. The van der Waals surface area contributed by atoms with Crippen molar-refractivity contribution in [1.29, 1.82) is 0 Å². The minimum atomic E-state index is -0.0390. The van der Waals surface area contributed by atoms with Crippen LogP contribution in [0.5, 0.6) is 0 Å². The van der Waals surface area contributed by atoms with Crippen molar-refractivity contribution < 1.29 is 0 Å². The van der Waals surface area contributed by atoms with E-state index < -0.39 is 0 Å². The van der Waals surface area contributed by atoms with Gasteiger partial charge in [0.05, 0.1) is 0 Å². The Labute approximate surface area is 380 Å². The predicted octanol–water partition coefficient (Wildman–Crippen LogP) is 14.5. The van der Waals surface area contributed by atoms with Crippen molar-refractivity contribution >= 4 is 74.3 Å². The summed E-state index contributed by atoms with van der Waals surface area (Å²) in [6, 6.07) is 78.6. The average molecular weight is 828 g/mol. The van der Waals surface area contributed by atoms with Crippen molar-refractivity contribution in [1.82, 2.24) is 0 Å². The Hall–Kier alpha value is -7.56. The summed E-state index contributed by atoms with van der Waals surface area (Å²) in [7, 11) is 0. The van der Waals surface area contributed by atoms with Gasteiger partial charge in [0.1, 0.15) is 0 Å². The van der Waals surface area contributed by atoms with E-state index in [0.29, 0.717) is 0 Å². The molecule has 0 aromatic heterocycles. The van der Waals surface area contributed by atoms with Gasteiger partial charge in [-0.05, 0) is 151 Å². The van der Waals surface area contributed by atoms with E-state index in [9.17, 15) is 0 Å². The molecule has 0 spiro atoms. The highest BCUT2D eigenvalue weighted by Crippen LogP contribution is 2.38. The van der Waals surface area contributed by atoms with Crippen molar-refractivity contribution in [3.8, 4) is 0 Å². The molecule has 0 fully saturated rings. The Balaban J connectivity index is 1.25. The molecule has 312 valence electrons. The molecule has 0 aliphatic carbocycles. The number of aryl methyl sites for hydroxylation is 6. The number of benzene rings is 9. The van der Waals surface area contributed by atoms with E-state index in [4.69, 9.17) is 0 Å². The van der Waals surface area contributed by atoms with Crippen LogP contribution in [0.1, 0.15) is 33.4 Å². The van der Waals surface area contributed by atoms with Gasteiger partial charge in [-0.2, -0.15) is 0 Å². The zero-order valence-electron chi connectivity index (χ0n) is 37.7. The summed E-state index contributed by atoms with van der Waals surface area (Å²) in [6.07, 6.45) is 0. The fourth-order valence-electron chi connectivity index (χ4n) is 9.85. The van der Waals surface area contributed by atoms with Gasteiger partial charge in [-0.25, -0.2) is 0 Å². The molecule has 0 N–H and O–H groups in total. The van der Waals surface area contributed by atoms with Gasteiger partial charge >= 0.3 is 0 Å². The number of hydrogen-bond acceptors (Lipinski definition) is 3. The normalized spacial score (nSPS) is 11.0. The highest BCUT2D eigenvalue weighted by Gasteiger charge is 2.33. The molecule has 0 heterocycles. The van der Waals surface area contributed by atoms with Gasteiger partial charge in [0.2, 0.25) is 6.71 Å². The summed E-state index contributed by atoms with van der Waals surface area (Å²) >= 11 is 0. The fourth-order valence-corrected chi connectivity index (χ4v) is 9.85. The minimum Gasteiger partial charge on any atom is -0.310 e.